The molecule has 0 spiro atoms. The lowest BCUT2D eigenvalue weighted by molar-refractivity contribution is -0.144. The van der Waals surface area contributed by atoms with Crippen LogP contribution in [0.2, 0.25) is 0 Å². The maximum absolute atomic E-state index is 12.5. The van der Waals surface area contributed by atoms with E-state index in [1.807, 2.05) is 23.9 Å². The minimum absolute atomic E-state index is 0.0927. The lowest BCUT2D eigenvalue weighted by atomic mass is 9.87. The number of carbonyl (C=O) groups is 2. The van der Waals surface area contributed by atoms with Crippen molar-refractivity contribution in [3.8, 4) is 5.75 Å². The number of esters is 1. The van der Waals surface area contributed by atoms with Crippen LogP contribution >= 0.6 is 0 Å². The van der Waals surface area contributed by atoms with Gasteiger partial charge in [0.05, 0.1) is 70.8 Å². The molecule has 4 rings (SSSR count). The van der Waals surface area contributed by atoms with Crippen LogP contribution in [-0.4, -0.2) is 112 Å². The lowest BCUT2D eigenvalue weighted by Crippen LogP contribution is -2.36. The van der Waals surface area contributed by atoms with Gasteiger partial charge in [-0.2, -0.15) is 0 Å². The third-order valence-corrected chi connectivity index (χ3v) is 11.6. The smallest absolute Gasteiger partial charge is 0.305 e. The minimum atomic E-state index is -0.141. The van der Waals surface area contributed by atoms with Gasteiger partial charge in [-0.3, -0.25) is 9.59 Å². The van der Waals surface area contributed by atoms with Crippen molar-refractivity contribution in [3.63, 3.8) is 0 Å². The zero-order valence-electron chi connectivity index (χ0n) is 35.2. The first kappa shape index (κ1) is 45.6. The Labute approximate surface area is 335 Å². The molecule has 1 heterocycles. The SMILES string of the molecule is CCC(C)(C)CCOCCOCCCC(=O)OC[C@@H]1[C@@H]2CCc3nnn(CCOCCOCCNC(=O)c4ccc(OCCCC(C)(C)NC)cc4)c3CC[C@@H]21. The molecule has 1 aromatic carbocycles. The highest BCUT2D eigenvalue weighted by molar-refractivity contribution is 5.94. The molecule has 2 aliphatic rings. The van der Waals surface area contributed by atoms with E-state index in [0.717, 1.165) is 69.4 Å². The number of carbonyl (C=O) groups excluding carboxylic acids is 2. The Hall–Kier alpha value is -3.10. The second-order valence-corrected chi connectivity index (χ2v) is 16.6. The Kier molecular flexibility index (Phi) is 19.5. The lowest BCUT2D eigenvalue weighted by Gasteiger charge is -2.23. The molecule has 56 heavy (non-hydrogen) atoms. The molecule has 1 aromatic heterocycles. The molecule has 13 heteroatoms. The molecule has 2 aliphatic carbocycles. The highest BCUT2D eigenvalue weighted by Crippen LogP contribution is 2.53. The summed E-state index contributed by atoms with van der Waals surface area (Å²) in [4.78, 5) is 24.9. The van der Waals surface area contributed by atoms with E-state index in [1.54, 1.807) is 12.1 Å². The average Bonchev–Trinajstić information content (AvgIpc) is 3.70. The summed E-state index contributed by atoms with van der Waals surface area (Å²) in [5.74, 6) is 2.10. The van der Waals surface area contributed by atoms with Gasteiger partial charge in [-0.1, -0.05) is 32.4 Å². The molecule has 0 radical (unpaired) electrons. The third-order valence-electron chi connectivity index (χ3n) is 11.6. The van der Waals surface area contributed by atoms with Crippen molar-refractivity contribution in [2.45, 2.75) is 111 Å². The molecule has 316 valence electrons. The topological polar surface area (TPSA) is 144 Å². The van der Waals surface area contributed by atoms with Gasteiger partial charge < -0.3 is 39.1 Å². The Morgan fingerprint density at radius 3 is 2.21 bits per heavy atom. The Balaban J connectivity index is 0.982. The summed E-state index contributed by atoms with van der Waals surface area (Å²) in [5.41, 5.74) is 3.28. The molecule has 13 nitrogen and oxygen atoms in total. The normalized spacial score (nSPS) is 18.1. The van der Waals surface area contributed by atoms with Crippen molar-refractivity contribution in [2.24, 2.45) is 23.2 Å². The minimum Gasteiger partial charge on any atom is -0.494 e. The van der Waals surface area contributed by atoms with E-state index in [-0.39, 0.29) is 17.4 Å². The molecule has 3 atom stereocenters. The molecule has 2 aromatic rings. The maximum Gasteiger partial charge on any atom is 0.305 e. The van der Waals surface area contributed by atoms with Crippen molar-refractivity contribution in [1.29, 1.82) is 0 Å². The van der Waals surface area contributed by atoms with E-state index in [9.17, 15) is 9.59 Å². The zero-order valence-corrected chi connectivity index (χ0v) is 35.2. The van der Waals surface area contributed by atoms with Gasteiger partial charge >= 0.3 is 5.97 Å². The summed E-state index contributed by atoms with van der Waals surface area (Å²) in [5, 5.41) is 15.1. The molecule has 1 amide bonds. The molecular formula is C43H71N5O8. The quantitative estimate of drug-likeness (QED) is 0.0761. The van der Waals surface area contributed by atoms with E-state index >= 15 is 0 Å². The second-order valence-electron chi connectivity index (χ2n) is 16.6. The van der Waals surface area contributed by atoms with E-state index in [0.29, 0.717) is 114 Å². The molecule has 1 saturated carbocycles. The van der Waals surface area contributed by atoms with Gasteiger partial charge in [0.25, 0.3) is 5.91 Å². The van der Waals surface area contributed by atoms with Crippen molar-refractivity contribution >= 4 is 11.9 Å². The van der Waals surface area contributed by atoms with Crippen LogP contribution in [-0.2, 0) is 47.9 Å². The van der Waals surface area contributed by atoms with Gasteiger partial charge in [-0.25, -0.2) is 4.68 Å². The van der Waals surface area contributed by atoms with Crippen molar-refractivity contribution in [2.75, 3.05) is 79.7 Å². The summed E-state index contributed by atoms with van der Waals surface area (Å²) < 4.78 is 36.3. The van der Waals surface area contributed by atoms with Gasteiger partial charge in [0.2, 0.25) is 0 Å². The number of hydrogen-bond donors (Lipinski definition) is 2. The van der Waals surface area contributed by atoms with Crippen LogP contribution in [0.1, 0.15) is 108 Å². The summed E-state index contributed by atoms with van der Waals surface area (Å²) in [6.45, 7) is 17.5. The fourth-order valence-corrected chi connectivity index (χ4v) is 7.02. The number of aromatic nitrogens is 3. The van der Waals surface area contributed by atoms with Crippen LogP contribution < -0.4 is 15.4 Å². The fourth-order valence-electron chi connectivity index (χ4n) is 7.02. The van der Waals surface area contributed by atoms with Crippen LogP contribution in [0, 0.1) is 23.2 Å². The van der Waals surface area contributed by atoms with Gasteiger partial charge in [0.15, 0.2) is 0 Å². The molecular weight excluding hydrogens is 714 g/mol. The van der Waals surface area contributed by atoms with E-state index in [4.69, 9.17) is 28.4 Å². The van der Waals surface area contributed by atoms with Crippen LogP contribution in [0.4, 0.5) is 0 Å². The fraction of sp³-hybridized carbons (Fsp3) is 0.767. The number of aryl methyl sites for hydroxylation is 1. The predicted molar refractivity (Wildman–Crippen MR) is 216 cm³/mol. The third kappa shape index (κ3) is 16.4. The van der Waals surface area contributed by atoms with E-state index in [2.05, 4.69) is 55.6 Å². The summed E-state index contributed by atoms with van der Waals surface area (Å²) in [6.07, 6.45) is 9.14. The monoisotopic (exact) mass is 786 g/mol. The number of hydrogen-bond acceptors (Lipinski definition) is 11. The largest absolute Gasteiger partial charge is 0.494 e. The molecule has 0 saturated heterocycles. The first-order valence-electron chi connectivity index (χ1n) is 21.1. The van der Waals surface area contributed by atoms with E-state index in [1.165, 1.54) is 5.69 Å². The van der Waals surface area contributed by atoms with Gasteiger partial charge in [-0.15, -0.1) is 5.10 Å². The summed E-state index contributed by atoms with van der Waals surface area (Å²) in [7, 11) is 1.97. The second kappa shape index (κ2) is 24.0. The Bertz CT molecular complexity index is 1430. The number of nitrogens with one attached hydrogen (secondary N) is 2. The summed E-state index contributed by atoms with van der Waals surface area (Å²) >= 11 is 0. The Morgan fingerprint density at radius 1 is 0.821 bits per heavy atom. The maximum atomic E-state index is 12.5. The summed E-state index contributed by atoms with van der Waals surface area (Å²) in [6, 6.07) is 7.22. The van der Waals surface area contributed by atoms with E-state index < -0.39 is 0 Å². The first-order valence-corrected chi connectivity index (χ1v) is 21.1. The number of fused-ring (bicyclic) bond motifs is 2. The standard InChI is InChI=1S/C43H71N5O8/c1-7-42(2,3)20-25-52-29-28-51-23-8-10-40(49)56-32-37-35-15-17-38-39(18-16-36(35)37)48(47-46-38)22-27-54-31-30-53-26-21-45-41(50)33-11-13-34(14-12-33)55-24-9-19-43(4,5)44-6/h11-14,35-37,44H,7-10,15-32H2,1-6H3,(H,45,50)/t35-,36+,37-/m1/s1. The number of ether oxygens (including phenoxy) is 6. The average molecular weight is 786 g/mol. The molecule has 0 unspecified atom stereocenters. The predicted octanol–water partition coefficient (Wildman–Crippen LogP) is 5.82. The molecule has 1 fully saturated rings. The number of rotatable bonds is 29. The van der Waals surface area contributed by atoms with Crippen LogP contribution in [0.3, 0.4) is 0 Å². The van der Waals surface area contributed by atoms with Gasteiger partial charge in [0.1, 0.15) is 5.75 Å². The van der Waals surface area contributed by atoms with Crippen LogP contribution in [0.25, 0.3) is 0 Å². The molecule has 0 bridgehead atoms. The van der Waals surface area contributed by atoms with Gasteiger partial charge in [0, 0.05) is 37.3 Å². The Morgan fingerprint density at radius 2 is 1.50 bits per heavy atom. The van der Waals surface area contributed by atoms with Crippen molar-refractivity contribution in [3.05, 3.63) is 41.2 Å². The van der Waals surface area contributed by atoms with Crippen molar-refractivity contribution in [1.82, 2.24) is 25.6 Å². The highest BCUT2D eigenvalue weighted by Gasteiger charge is 2.50. The molecule has 2 N–H and O–H groups in total. The van der Waals surface area contributed by atoms with Gasteiger partial charge in [-0.05, 0) is 120 Å². The zero-order chi connectivity index (χ0) is 40.2. The highest BCUT2D eigenvalue weighted by atomic mass is 16.5. The van der Waals surface area contributed by atoms with Crippen LogP contribution in [0.15, 0.2) is 24.3 Å². The van der Waals surface area contributed by atoms with Crippen molar-refractivity contribution < 1.29 is 38.0 Å². The van der Waals surface area contributed by atoms with Crippen LogP contribution in [0.5, 0.6) is 5.75 Å². The first-order chi connectivity index (χ1) is 27.0. The number of benzene rings is 1. The molecule has 0 aliphatic heterocycles. The number of amides is 1. The number of nitrogens with zero attached hydrogens (tertiary/aromatic N) is 3.